The second-order valence-electron chi connectivity index (χ2n) is 6.35. The van der Waals surface area contributed by atoms with Crippen LogP contribution in [0.5, 0.6) is 11.5 Å². The third-order valence-electron chi connectivity index (χ3n) is 4.41. The Bertz CT molecular complexity index is 1040. The van der Waals surface area contributed by atoms with Gasteiger partial charge < -0.3 is 19.5 Å². The van der Waals surface area contributed by atoms with Crippen molar-refractivity contribution in [3.63, 3.8) is 0 Å². The molecule has 1 heterocycles. The van der Waals surface area contributed by atoms with E-state index in [4.69, 9.17) is 19.5 Å². The minimum absolute atomic E-state index is 0.0495. The number of ether oxygens (including phenoxy) is 3. The lowest BCUT2D eigenvalue weighted by Crippen LogP contribution is -2.40. The molecule has 1 amide bonds. The van der Waals surface area contributed by atoms with E-state index in [0.717, 1.165) is 0 Å². The Morgan fingerprint density at radius 2 is 1.90 bits per heavy atom. The van der Waals surface area contributed by atoms with Gasteiger partial charge >= 0.3 is 0 Å². The summed E-state index contributed by atoms with van der Waals surface area (Å²) < 4.78 is 42.9. The molecule has 1 fully saturated rings. The lowest BCUT2D eigenvalue weighted by atomic mass is 10.2. The van der Waals surface area contributed by atoms with E-state index >= 15 is 0 Å². The number of sulfonamides is 1. The summed E-state index contributed by atoms with van der Waals surface area (Å²) in [6, 6.07) is 12.6. The van der Waals surface area contributed by atoms with E-state index in [2.05, 4.69) is 5.32 Å². The van der Waals surface area contributed by atoms with Gasteiger partial charge in [0.2, 0.25) is 10.0 Å². The summed E-state index contributed by atoms with van der Waals surface area (Å²) in [5, 5.41) is 11.4. The van der Waals surface area contributed by atoms with Crippen molar-refractivity contribution in [1.29, 1.82) is 5.26 Å². The summed E-state index contributed by atoms with van der Waals surface area (Å²) in [5.74, 6) is 0.265. The number of amides is 1. The molecule has 0 saturated carbocycles. The molecule has 0 spiro atoms. The van der Waals surface area contributed by atoms with Crippen molar-refractivity contribution >= 4 is 21.6 Å². The minimum atomic E-state index is -3.72. The van der Waals surface area contributed by atoms with Crippen LogP contribution in [0.3, 0.4) is 0 Å². The maximum atomic E-state index is 12.9. The van der Waals surface area contributed by atoms with Gasteiger partial charge in [0, 0.05) is 13.1 Å². The number of carbonyl (C=O) groups is 1. The zero-order valence-corrected chi connectivity index (χ0v) is 17.1. The first-order valence-corrected chi connectivity index (χ1v) is 10.6. The quantitative estimate of drug-likeness (QED) is 0.707. The number of anilines is 1. The van der Waals surface area contributed by atoms with Crippen LogP contribution in [-0.4, -0.2) is 58.7 Å². The number of rotatable bonds is 7. The zero-order valence-electron chi connectivity index (χ0n) is 16.3. The number of morpholine rings is 1. The summed E-state index contributed by atoms with van der Waals surface area (Å²) in [6.07, 6.45) is 0. The van der Waals surface area contributed by atoms with E-state index in [1.165, 1.54) is 29.6 Å². The van der Waals surface area contributed by atoms with E-state index in [9.17, 15) is 13.2 Å². The van der Waals surface area contributed by atoms with Gasteiger partial charge in [0.1, 0.15) is 11.5 Å². The number of hydrogen-bond acceptors (Lipinski definition) is 7. The fourth-order valence-corrected chi connectivity index (χ4v) is 4.28. The lowest BCUT2D eigenvalue weighted by Gasteiger charge is -2.26. The fourth-order valence-electron chi connectivity index (χ4n) is 2.84. The molecule has 10 heteroatoms. The first kappa shape index (κ1) is 21.6. The maximum Gasteiger partial charge on any atom is 0.262 e. The number of hydrogen-bond donors (Lipinski definition) is 1. The number of methoxy groups -OCH3 is 1. The third kappa shape index (κ3) is 5.07. The molecular weight excluding hydrogens is 410 g/mol. The molecule has 9 nitrogen and oxygen atoms in total. The number of benzene rings is 2. The summed E-state index contributed by atoms with van der Waals surface area (Å²) in [6.45, 7) is 0.926. The Labute approximate surface area is 174 Å². The molecule has 0 unspecified atom stereocenters. The monoisotopic (exact) mass is 431 g/mol. The van der Waals surface area contributed by atoms with Crippen molar-refractivity contribution in [1.82, 2.24) is 4.31 Å². The van der Waals surface area contributed by atoms with Crippen LogP contribution in [0.15, 0.2) is 47.4 Å². The third-order valence-corrected chi connectivity index (χ3v) is 6.30. The van der Waals surface area contributed by atoms with Crippen molar-refractivity contribution in [2.45, 2.75) is 4.90 Å². The molecule has 1 N–H and O–H groups in total. The van der Waals surface area contributed by atoms with E-state index in [1.807, 2.05) is 6.07 Å². The minimum Gasteiger partial charge on any atom is -0.495 e. The average Bonchev–Trinajstić information content (AvgIpc) is 2.78. The molecule has 3 rings (SSSR count). The van der Waals surface area contributed by atoms with E-state index in [0.29, 0.717) is 30.3 Å². The first-order chi connectivity index (χ1) is 14.4. The van der Waals surface area contributed by atoms with Crippen LogP contribution in [0, 0.1) is 11.3 Å². The summed E-state index contributed by atoms with van der Waals surface area (Å²) in [5.41, 5.74) is 0.704. The molecule has 1 aliphatic heterocycles. The highest BCUT2D eigenvalue weighted by molar-refractivity contribution is 7.89. The number of nitrogens with zero attached hydrogens (tertiary/aromatic N) is 2. The Hall–Kier alpha value is -3.13. The standard InChI is InChI=1S/C20H21N3O6S/c1-27-19-7-6-17(30(25,26)23-8-10-28-11-9-23)12-18(19)22-20(24)14-29-16-4-2-15(13-21)3-5-16/h2-7,12H,8-11,14H2,1H3,(H,22,24). The van der Waals surface area contributed by atoms with E-state index < -0.39 is 15.9 Å². The molecule has 30 heavy (non-hydrogen) atoms. The molecule has 0 aromatic heterocycles. The second-order valence-corrected chi connectivity index (χ2v) is 8.29. The SMILES string of the molecule is COc1ccc(S(=O)(=O)N2CCOCC2)cc1NC(=O)COc1ccc(C#N)cc1. The average molecular weight is 431 g/mol. The molecule has 0 atom stereocenters. The molecule has 1 aliphatic rings. The summed E-state index contributed by atoms with van der Waals surface area (Å²) >= 11 is 0. The predicted octanol–water partition coefficient (Wildman–Crippen LogP) is 1.61. The topological polar surface area (TPSA) is 118 Å². The van der Waals surface area contributed by atoms with Gasteiger partial charge in [-0.15, -0.1) is 0 Å². The highest BCUT2D eigenvalue weighted by Crippen LogP contribution is 2.29. The van der Waals surface area contributed by atoms with Gasteiger partial charge in [0.15, 0.2) is 6.61 Å². The molecule has 2 aromatic rings. The molecule has 2 aromatic carbocycles. The first-order valence-electron chi connectivity index (χ1n) is 9.13. The van der Waals surface area contributed by atoms with Gasteiger partial charge in [-0.2, -0.15) is 9.57 Å². The second kappa shape index (κ2) is 9.58. The Morgan fingerprint density at radius 1 is 1.20 bits per heavy atom. The highest BCUT2D eigenvalue weighted by atomic mass is 32.2. The van der Waals surface area contributed by atoms with Gasteiger partial charge in [-0.1, -0.05) is 0 Å². The van der Waals surface area contributed by atoms with Crippen LogP contribution in [-0.2, 0) is 19.6 Å². The van der Waals surface area contributed by atoms with Crippen LogP contribution in [0.25, 0.3) is 0 Å². The molecule has 0 aliphatic carbocycles. The van der Waals surface area contributed by atoms with E-state index in [1.54, 1.807) is 24.3 Å². The molecular formula is C20H21N3O6S. The van der Waals surface area contributed by atoms with Gasteiger partial charge in [-0.25, -0.2) is 8.42 Å². The van der Waals surface area contributed by atoms with Crippen LogP contribution in [0.4, 0.5) is 5.69 Å². The van der Waals surface area contributed by atoms with Crippen molar-refractivity contribution in [3.05, 3.63) is 48.0 Å². The Kier molecular flexibility index (Phi) is 6.89. The summed E-state index contributed by atoms with van der Waals surface area (Å²) in [4.78, 5) is 12.4. The Morgan fingerprint density at radius 3 is 2.53 bits per heavy atom. The molecule has 0 bridgehead atoms. The molecule has 0 radical (unpaired) electrons. The fraction of sp³-hybridized carbons (Fsp3) is 0.300. The van der Waals surface area contributed by atoms with Crippen molar-refractivity contribution in [2.24, 2.45) is 0 Å². The van der Waals surface area contributed by atoms with Crippen molar-refractivity contribution < 1.29 is 27.4 Å². The number of nitrogens with one attached hydrogen (secondary N) is 1. The van der Waals surface area contributed by atoms with Gasteiger partial charge in [-0.3, -0.25) is 4.79 Å². The predicted molar refractivity (Wildman–Crippen MR) is 108 cm³/mol. The smallest absolute Gasteiger partial charge is 0.262 e. The lowest BCUT2D eigenvalue weighted by molar-refractivity contribution is -0.118. The molecule has 1 saturated heterocycles. The van der Waals surface area contributed by atoms with Crippen LogP contribution in [0.1, 0.15) is 5.56 Å². The van der Waals surface area contributed by atoms with Gasteiger partial charge in [-0.05, 0) is 42.5 Å². The van der Waals surface area contributed by atoms with Crippen LogP contribution in [0.2, 0.25) is 0 Å². The summed E-state index contributed by atoms with van der Waals surface area (Å²) in [7, 11) is -2.29. The maximum absolute atomic E-state index is 12.9. The van der Waals surface area contributed by atoms with Crippen LogP contribution < -0.4 is 14.8 Å². The molecule has 158 valence electrons. The van der Waals surface area contributed by atoms with Crippen molar-refractivity contribution in [3.8, 4) is 17.6 Å². The Balaban J connectivity index is 1.71. The largest absolute Gasteiger partial charge is 0.495 e. The number of nitriles is 1. The van der Waals surface area contributed by atoms with Crippen LogP contribution >= 0.6 is 0 Å². The van der Waals surface area contributed by atoms with Crippen molar-refractivity contribution in [2.75, 3.05) is 45.3 Å². The highest BCUT2D eigenvalue weighted by Gasteiger charge is 2.27. The zero-order chi connectivity index (χ0) is 21.6. The van der Waals surface area contributed by atoms with E-state index in [-0.39, 0.29) is 30.3 Å². The van der Waals surface area contributed by atoms with Gasteiger partial charge in [0.05, 0.1) is 42.5 Å². The van der Waals surface area contributed by atoms with Gasteiger partial charge in [0.25, 0.3) is 5.91 Å². The normalized spacial score (nSPS) is 14.5. The number of carbonyl (C=O) groups excluding carboxylic acids is 1.